The summed E-state index contributed by atoms with van der Waals surface area (Å²) in [6.45, 7) is 2.50. The van der Waals surface area contributed by atoms with Crippen LogP contribution in [0.15, 0.2) is 24.3 Å². The SMILES string of the molecule is CC(=O)NNc1ccc(C(=N)N)cc1.CC(=O)O. The first-order valence-electron chi connectivity index (χ1n) is 4.99. The van der Waals surface area contributed by atoms with Crippen molar-refractivity contribution in [1.82, 2.24) is 5.43 Å². The Hall–Kier alpha value is -2.57. The Kier molecular flexibility index (Phi) is 6.57. The minimum absolute atomic E-state index is 0.0241. The molecule has 1 amide bonds. The summed E-state index contributed by atoms with van der Waals surface area (Å²) in [6.07, 6.45) is 0. The maximum Gasteiger partial charge on any atom is 0.300 e. The average molecular weight is 252 g/mol. The number of nitrogens with two attached hydrogens (primary N) is 1. The van der Waals surface area contributed by atoms with Crippen molar-refractivity contribution in [2.45, 2.75) is 13.8 Å². The Morgan fingerprint density at radius 2 is 1.67 bits per heavy atom. The van der Waals surface area contributed by atoms with Crippen molar-refractivity contribution in [3.63, 3.8) is 0 Å². The van der Waals surface area contributed by atoms with Crippen molar-refractivity contribution in [3.05, 3.63) is 29.8 Å². The van der Waals surface area contributed by atoms with Gasteiger partial charge in [0.05, 0.1) is 5.69 Å². The molecule has 0 unspecified atom stereocenters. The summed E-state index contributed by atoms with van der Waals surface area (Å²) in [5.41, 5.74) is 11.8. The van der Waals surface area contributed by atoms with Crippen LogP contribution in [0, 0.1) is 5.41 Å². The monoisotopic (exact) mass is 252 g/mol. The molecule has 0 spiro atoms. The van der Waals surface area contributed by atoms with Gasteiger partial charge in [-0.25, -0.2) is 0 Å². The second-order valence-corrected chi connectivity index (χ2v) is 3.32. The summed E-state index contributed by atoms with van der Waals surface area (Å²) in [7, 11) is 0. The van der Waals surface area contributed by atoms with Gasteiger partial charge in [0.2, 0.25) is 5.91 Å². The van der Waals surface area contributed by atoms with E-state index in [1.54, 1.807) is 24.3 Å². The lowest BCUT2D eigenvalue weighted by atomic mass is 10.2. The van der Waals surface area contributed by atoms with E-state index in [9.17, 15) is 4.79 Å². The van der Waals surface area contributed by atoms with Gasteiger partial charge in [-0.2, -0.15) is 0 Å². The maximum absolute atomic E-state index is 10.6. The van der Waals surface area contributed by atoms with E-state index in [2.05, 4.69) is 10.9 Å². The van der Waals surface area contributed by atoms with E-state index in [-0.39, 0.29) is 11.7 Å². The topological polar surface area (TPSA) is 128 Å². The molecule has 7 heteroatoms. The third kappa shape index (κ3) is 7.69. The normalized spacial score (nSPS) is 8.56. The Morgan fingerprint density at radius 3 is 2.00 bits per heavy atom. The molecule has 0 aliphatic carbocycles. The summed E-state index contributed by atoms with van der Waals surface area (Å²) in [4.78, 5) is 19.6. The molecule has 0 radical (unpaired) electrons. The molecular weight excluding hydrogens is 236 g/mol. The van der Waals surface area contributed by atoms with Crippen LogP contribution in [0.1, 0.15) is 19.4 Å². The highest BCUT2D eigenvalue weighted by Crippen LogP contribution is 2.07. The number of aliphatic carboxylic acids is 1. The average Bonchev–Trinajstić information content (AvgIpc) is 2.26. The van der Waals surface area contributed by atoms with E-state index in [1.165, 1.54) is 6.92 Å². The number of nitrogen functional groups attached to an aromatic ring is 1. The van der Waals surface area contributed by atoms with E-state index in [1.807, 2.05) is 0 Å². The summed E-state index contributed by atoms with van der Waals surface area (Å²) in [5.74, 6) is -0.975. The van der Waals surface area contributed by atoms with Gasteiger partial charge in [-0.3, -0.25) is 25.8 Å². The fourth-order valence-corrected chi connectivity index (χ4v) is 0.893. The van der Waals surface area contributed by atoms with Crippen molar-refractivity contribution in [2.24, 2.45) is 5.73 Å². The first-order chi connectivity index (χ1) is 8.32. The minimum atomic E-state index is -0.833. The number of benzene rings is 1. The lowest BCUT2D eigenvalue weighted by Gasteiger charge is -2.06. The van der Waals surface area contributed by atoms with Crippen LogP contribution in [0.5, 0.6) is 0 Å². The van der Waals surface area contributed by atoms with Crippen LogP contribution in [0.4, 0.5) is 5.69 Å². The van der Waals surface area contributed by atoms with Crippen molar-refractivity contribution < 1.29 is 14.7 Å². The smallest absolute Gasteiger partial charge is 0.300 e. The molecule has 0 fully saturated rings. The number of anilines is 1. The third-order valence-electron chi connectivity index (χ3n) is 1.58. The molecule has 7 nitrogen and oxygen atoms in total. The molecule has 1 aromatic carbocycles. The Labute approximate surface area is 104 Å². The number of hydrazine groups is 1. The Bertz CT molecular complexity index is 424. The third-order valence-corrected chi connectivity index (χ3v) is 1.58. The van der Waals surface area contributed by atoms with Crippen molar-refractivity contribution in [3.8, 4) is 0 Å². The van der Waals surface area contributed by atoms with Crippen LogP contribution in [0.25, 0.3) is 0 Å². The summed E-state index contributed by atoms with van der Waals surface area (Å²) in [6, 6.07) is 6.86. The second-order valence-electron chi connectivity index (χ2n) is 3.32. The largest absolute Gasteiger partial charge is 0.481 e. The minimum Gasteiger partial charge on any atom is -0.481 e. The van der Waals surface area contributed by atoms with Gasteiger partial charge in [0.25, 0.3) is 5.97 Å². The molecule has 0 bridgehead atoms. The number of hydrogen-bond acceptors (Lipinski definition) is 4. The fraction of sp³-hybridized carbons (Fsp3) is 0.182. The first-order valence-corrected chi connectivity index (χ1v) is 4.99. The predicted octanol–water partition coefficient (Wildman–Crippen LogP) is 0.525. The first kappa shape index (κ1) is 15.4. The molecule has 0 aliphatic heterocycles. The molecule has 0 saturated carbocycles. The molecule has 1 aromatic rings. The van der Waals surface area contributed by atoms with Gasteiger partial charge in [-0.1, -0.05) is 0 Å². The molecule has 1 rings (SSSR count). The molecule has 98 valence electrons. The number of rotatable bonds is 3. The summed E-state index contributed by atoms with van der Waals surface area (Å²) in [5, 5.41) is 14.6. The number of carboxylic acids is 1. The van der Waals surface area contributed by atoms with Crippen LogP contribution >= 0.6 is 0 Å². The van der Waals surface area contributed by atoms with Gasteiger partial charge in [-0.15, -0.1) is 0 Å². The van der Waals surface area contributed by atoms with E-state index >= 15 is 0 Å². The molecule has 0 heterocycles. The molecular formula is C11H16N4O3. The maximum atomic E-state index is 10.6. The molecule has 18 heavy (non-hydrogen) atoms. The number of carbonyl (C=O) groups excluding carboxylic acids is 1. The van der Waals surface area contributed by atoms with Crippen LogP contribution in [0.3, 0.4) is 0 Å². The highest BCUT2D eigenvalue weighted by Gasteiger charge is 1.96. The van der Waals surface area contributed by atoms with Crippen LogP contribution in [-0.2, 0) is 9.59 Å². The van der Waals surface area contributed by atoms with Crippen LogP contribution < -0.4 is 16.6 Å². The van der Waals surface area contributed by atoms with E-state index in [0.717, 1.165) is 12.6 Å². The number of amidine groups is 1. The van der Waals surface area contributed by atoms with E-state index < -0.39 is 5.97 Å². The second kappa shape index (κ2) is 7.66. The van der Waals surface area contributed by atoms with Gasteiger partial charge >= 0.3 is 0 Å². The van der Waals surface area contributed by atoms with Crippen LogP contribution in [-0.4, -0.2) is 22.8 Å². The molecule has 0 atom stereocenters. The number of carbonyl (C=O) groups is 2. The molecule has 6 N–H and O–H groups in total. The zero-order chi connectivity index (χ0) is 14.1. The highest BCUT2D eigenvalue weighted by molar-refractivity contribution is 5.95. The zero-order valence-electron chi connectivity index (χ0n) is 10.2. The number of amides is 1. The number of carboxylic acid groups (broad SMARTS) is 1. The lowest BCUT2D eigenvalue weighted by molar-refractivity contribution is -0.134. The Morgan fingerprint density at radius 1 is 1.22 bits per heavy atom. The summed E-state index contributed by atoms with van der Waals surface area (Å²) >= 11 is 0. The van der Waals surface area contributed by atoms with Crippen molar-refractivity contribution >= 4 is 23.4 Å². The van der Waals surface area contributed by atoms with E-state index in [4.69, 9.17) is 21.0 Å². The van der Waals surface area contributed by atoms with Gasteiger partial charge in [0, 0.05) is 19.4 Å². The standard InChI is InChI=1S/C9H12N4O.C2H4O2/c1-6(14)12-13-8-4-2-7(3-5-8)9(10)11;1-2(3)4/h2-5,13H,1H3,(H3,10,11)(H,12,14);1H3,(H,3,4). The van der Waals surface area contributed by atoms with Crippen molar-refractivity contribution in [2.75, 3.05) is 5.43 Å². The van der Waals surface area contributed by atoms with Gasteiger partial charge in [0.1, 0.15) is 5.84 Å². The molecule has 0 aliphatic rings. The van der Waals surface area contributed by atoms with Crippen molar-refractivity contribution in [1.29, 1.82) is 5.41 Å². The quantitative estimate of drug-likeness (QED) is 0.304. The van der Waals surface area contributed by atoms with Gasteiger partial charge in [-0.05, 0) is 24.3 Å². The highest BCUT2D eigenvalue weighted by atomic mass is 16.4. The molecule has 0 aromatic heterocycles. The lowest BCUT2D eigenvalue weighted by Crippen LogP contribution is -2.26. The van der Waals surface area contributed by atoms with Gasteiger partial charge in [0.15, 0.2) is 0 Å². The Balaban J connectivity index is 0.000000631. The number of hydrogen-bond donors (Lipinski definition) is 5. The zero-order valence-corrected chi connectivity index (χ0v) is 10.2. The number of nitrogens with one attached hydrogen (secondary N) is 3. The van der Waals surface area contributed by atoms with Gasteiger partial charge < -0.3 is 10.8 Å². The van der Waals surface area contributed by atoms with Crippen LogP contribution in [0.2, 0.25) is 0 Å². The summed E-state index contributed by atoms with van der Waals surface area (Å²) < 4.78 is 0. The van der Waals surface area contributed by atoms with E-state index in [0.29, 0.717) is 5.56 Å². The molecule has 0 saturated heterocycles. The predicted molar refractivity (Wildman–Crippen MR) is 68.2 cm³/mol. The fourth-order valence-electron chi connectivity index (χ4n) is 0.893.